The monoisotopic (exact) mass is 420 g/mol. The standard InChI is InChI=1S/C22H25N7O2/c1-16-19(26-25-18-10-8-17(24-23)9-11-18)21(30)29(15-7-12-27(2)3)22(31)20(16)28-13-5-4-6-14-28/h4-6,8-11,13-14H,7,12,15H2,1-3H3,(H-,23,25,30,31)/p+1. The Morgan fingerprint density at radius 2 is 1.71 bits per heavy atom. The quantitative estimate of drug-likeness (QED) is 0.421. The van der Waals surface area contributed by atoms with Crippen molar-refractivity contribution in [3.8, 4) is 11.6 Å². The highest BCUT2D eigenvalue weighted by atomic mass is 16.3. The summed E-state index contributed by atoms with van der Waals surface area (Å²) in [6, 6.07) is 12.2. The molecule has 0 aliphatic carbocycles. The predicted octanol–water partition coefficient (Wildman–Crippen LogP) is 4.17. The van der Waals surface area contributed by atoms with Crippen LogP contribution in [-0.4, -0.2) is 35.2 Å². The van der Waals surface area contributed by atoms with Gasteiger partial charge >= 0.3 is 5.56 Å². The van der Waals surface area contributed by atoms with E-state index in [1.54, 1.807) is 48.1 Å². The summed E-state index contributed by atoms with van der Waals surface area (Å²) < 4.78 is 3.07. The zero-order valence-electron chi connectivity index (χ0n) is 17.9. The summed E-state index contributed by atoms with van der Waals surface area (Å²) in [5.41, 5.74) is 9.00. The third-order valence-electron chi connectivity index (χ3n) is 4.83. The van der Waals surface area contributed by atoms with Crippen molar-refractivity contribution in [2.75, 3.05) is 20.6 Å². The Bertz CT molecular complexity index is 1140. The van der Waals surface area contributed by atoms with E-state index in [-0.39, 0.29) is 17.1 Å². The number of aromatic hydroxyl groups is 1. The minimum atomic E-state index is -0.287. The molecule has 3 aromatic rings. The molecule has 0 radical (unpaired) electrons. The van der Waals surface area contributed by atoms with Gasteiger partial charge in [-0.3, -0.25) is 9.36 Å². The molecule has 2 aromatic heterocycles. The first-order valence-electron chi connectivity index (χ1n) is 9.89. The van der Waals surface area contributed by atoms with Crippen molar-refractivity contribution < 1.29 is 9.67 Å². The molecule has 0 spiro atoms. The summed E-state index contributed by atoms with van der Waals surface area (Å²) >= 11 is 0. The van der Waals surface area contributed by atoms with E-state index in [0.29, 0.717) is 35.6 Å². The molecule has 0 saturated carbocycles. The number of nitrogens with zero attached hydrogens (tertiary/aromatic N) is 6. The van der Waals surface area contributed by atoms with Gasteiger partial charge in [0, 0.05) is 18.7 Å². The van der Waals surface area contributed by atoms with Gasteiger partial charge in [0.25, 0.3) is 5.69 Å². The minimum Gasteiger partial charge on any atom is -0.493 e. The molecule has 3 rings (SSSR count). The number of benzene rings is 1. The van der Waals surface area contributed by atoms with Crippen LogP contribution in [0.1, 0.15) is 12.0 Å². The molecule has 0 saturated heterocycles. The van der Waals surface area contributed by atoms with Crippen LogP contribution in [0.25, 0.3) is 5.69 Å². The van der Waals surface area contributed by atoms with E-state index in [9.17, 15) is 9.90 Å². The molecule has 1 aromatic carbocycles. The Hall–Kier alpha value is -3.72. The highest BCUT2D eigenvalue weighted by Gasteiger charge is 2.25. The van der Waals surface area contributed by atoms with Crippen LogP contribution in [0.15, 0.2) is 75.0 Å². The van der Waals surface area contributed by atoms with Gasteiger partial charge < -0.3 is 10.0 Å². The summed E-state index contributed by atoms with van der Waals surface area (Å²) in [7, 11) is 3.92. The molecular formula is C22H26N7O2+. The van der Waals surface area contributed by atoms with Crippen molar-refractivity contribution in [1.82, 2.24) is 9.47 Å². The van der Waals surface area contributed by atoms with Gasteiger partial charge in [-0.05, 0) is 58.3 Å². The second kappa shape index (κ2) is 9.86. The Kier molecular flexibility index (Phi) is 6.99. The molecular weight excluding hydrogens is 394 g/mol. The molecule has 2 heterocycles. The molecule has 0 fully saturated rings. The summed E-state index contributed by atoms with van der Waals surface area (Å²) in [4.78, 5) is 15.3. The van der Waals surface area contributed by atoms with Gasteiger partial charge in [-0.25, -0.2) is 5.53 Å². The number of hydrogen-bond acceptors (Lipinski definition) is 7. The first-order valence-corrected chi connectivity index (χ1v) is 9.89. The molecule has 0 aliphatic rings. The molecule has 31 heavy (non-hydrogen) atoms. The van der Waals surface area contributed by atoms with Crippen molar-refractivity contribution >= 4 is 17.1 Å². The second-order valence-electron chi connectivity index (χ2n) is 7.37. The van der Waals surface area contributed by atoms with Gasteiger partial charge in [-0.1, -0.05) is 6.07 Å². The molecule has 0 amide bonds. The van der Waals surface area contributed by atoms with Crippen LogP contribution in [0.4, 0.5) is 17.1 Å². The molecule has 2 N–H and O–H groups in total. The van der Waals surface area contributed by atoms with Crippen molar-refractivity contribution in [3.05, 3.63) is 70.8 Å². The van der Waals surface area contributed by atoms with Crippen LogP contribution in [0, 0.1) is 12.5 Å². The molecule has 0 bridgehead atoms. The lowest BCUT2D eigenvalue weighted by atomic mass is 10.2. The van der Waals surface area contributed by atoms with Crippen molar-refractivity contribution in [2.24, 2.45) is 15.3 Å². The van der Waals surface area contributed by atoms with Crippen LogP contribution in [0.2, 0.25) is 0 Å². The first kappa shape index (κ1) is 22.0. The lowest BCUT2D eigenvalue weighted by Gasteiger charge is -2.14. The maximum Gasteiger partial charge on any atom is 0.326 e. The molecule has 160 valence electrons. The van der Waals surface area contributed by atoms with E-state index in [1.165, 1.54) is 4.57 Å². The van der Waals surface area contributed by atoms with E-state index in [1.807, 2.05) is 37.2 Å². The largest absolute Gasteiger partial charge is 0.493 e. The Labute approximate surface area is 180 Å². The van der Waals surface area contributed by atoms with Gasteiger partial charge in [0.15, 0.2) is 18.1 Å². The van der Waals surface area contributed by atoms with Gasteiger partial charge in [0.2, 0.25) is 5.88 Å². The van der Waals surface area contributed by atoms with Gasteiger partial charge in [-0.2, -0.15) is 14.8 Å². The lowest BCUT2D eigenvalue weighted by Crippen LogP contribution is -2.40. The fourth-order valence-electron chi connectivity index (χ4n) is 3.22. The van der Waals surface area contributed by atoms with E-state index in [0.717, 1.165) is 6.54 Å². The average molecular weight is 420 g/mol. The molecule has 0 unspecified atom stereocenters. The lowest BCUT2D eigenvalue weighted by molar-refractivity contribution is -0.597. The van der Waals surface area contributed by atoms with E-state index in [4.69, 9.17) is 5.53 Å². The fraction of sp³-hybridized carbons (Fsp3) is 0.273. The number of azo groups is 1. The van der Waals surface area contributed by atoms with Crippen molar-refractivity contribution in [1.29, 1.82) is 5.53 Å². The summed E-state index contributed by atoms with van der Waals surface area (Å²) in [5, 5.41) is 22.7. The van der Waals surface area contributed by atoms with Gasteiger partial charge in [-0.15, -0.1) is 5.11 Å². The maximum absolute atomic E-state index is 13.3. The average Bonchev–Trinajstić information content (AvgIpc) is 2.77. The Morgan fingerprint density at radius 3 is 2.32 bits per heavy atom. The topological polar surface area (TPSA) is 110 Å². The summed E-state index contributed by atoms with van der Waals surface area (Å²) in [5.74, 6) is -0.205. The molecule has 0 aliphatic heterocycles. The SMILES string of the molecule is Cc1c(/N=N/c2ccc(N=N)cc2)c(O)n(CCCN(C)C)c(=O)c1-[n+]1ccccc1. The van der Waals surface area contributed by atoms with E-state index >= 15 is 0 Å². The molecule has 9 heteroatoms. The second-order valence-corrected chi connectivity index (χ2v) is 7.37. The number of rotatable bonds is 8. The van der Waals surface area contributed by atoms with Crippen LogP contribution in [0.5, 0.6) is 5.88 Å². The van der Waals surface area contributed by atoms with Crippen LogP contribution in [0.3, 0.4) is 0 Å². The van der Waals surface area contributed by atoms with Crippen LogP contribution >= 0.6 is 0 Å². The van der Waals surface area contributed by atoms with Gasteiger partial charge in [0.05, 0.1) is 16.9 Å². The Morgan fingerprint density at radius 1 is 1.06 bits per heavy atom. The third-order valence-corrected chi connectivity index (χ3v) is 4.83. The van der Waals surface area contributed by atoms with E-state index in [2.05, 4.69) is 15.3 Å². The summed E-state index contributed by atoms with van der Waals surface area (Å²) in [6.45, 7) is 2.88. The molecule has 0 atom stereocenters. The normalized spacial score (nSPS) is 11.4. The highest BCUT2D eigenvalue weighted by Crippen LogP contribution is 2.32. The van der Waals surface area contributed by atoms with E-state index < -0.39 is 0 Å². The third kappa shape index (κ3) is 5.07. The fourth-order valence-corrected chi connectivity index (χ4v) is 3.22. The number of hydrogen-bond donors (Lipinski definition) is 2. The Balaban J connectivity index is 2.10. The number of aromatic nitrogens is 2. The van der Waals surface area contributed by atoms with Crippen LogP contribution in [-0.2, 0) is 6.54 Å². The van der Waals surface area contributed by atoms with Crippen LogP contribution < -0.4 is 10.1 Å². The predicted molar refractivity (Wildman–Crippen MR) is 117 cm³/mol. The molecule has 9 nitrogen and oxygen atoms in total. The van der Waals surface area contributed by atoms with Crippen molar-refractivity contribution in [3.63, 3.8) is 0 Å². The minimum absolute atomic E-state index is 0.205. The zero-order chi connectivity index (χ0) is 22.4. The maximum atomic E-state index is 13.3. The number of nitrogens with one attached hydrogen (secondary N) is 1. The smallest absolute Gasteiger partial charge is 0.326 e. The highest BCUT2D eigenvalue weighted by molar-refractivity contribution is 5.59. The first-order chi connectivity index (χ1) is 14.9. The van der Waals surface area contributed by atoms with Crippen molar-refractivity contribution in [2.45, 2.75) is 19.9 Å². The number of pyridine rings is 2. The van der Waals surface area contributed by atoms with Gasteiger partial charge in [0.1, 0.15) is 0 Å². The zero-order valence-corrected chi connectivity index (χ0v) is 17.9. The summed E-state index contributed by atoms with van der Waals surface area (Å²) in [6.07, 6.45) is 4.26.